The zero-order valence-corrected chi connectivity index (χ0v) is 16.6. The molecule has 0 rings (SSSR count). The number of ether oxygens (including phenoxy) is 2. The topological polar surface area (TPSA) is 89.9 Å². The number of rotatable bonds is 16. The van der Waals surface area contributed by atoms with Crippen LogP contribution >= 0.6 is 0 Å². The van der Waals surface area contributed by atoms with E-state index in [0.717, 1.165) is 51.4 Å². The number of hydrogen-bond donors (Lipinski definition) is 1. The zero-order chi connectivity index (χ0) is 19.8. The number of carboxylic acid groups (broad SMARTS) is 1. The molecule has 6 nitrogen and oxygen atoms in total. The van der Waals surface area contributed by atoms with Crippen molar-refractivity contribution in [3.05, 3.63) is 0 Å². The molecule has 0 amide bonds. The van der Waals surface area contributed by atoms with Crippen LogP contribution in [-0.2, 0) is 23.9 Å². The van der Waals surface area contributed by atoms with E-state index in [1.54, 1.807) is 6.92 Å². The molecule has 0 saturated heterocycles. The van der Waals surface area contributed by atoms with Gasteiger partial charge in [-0.3, -0.25) is 4.79 Å². The van der Waals surface area contributed by atoms with Gasteiger partial charge >= 0.3 is 17.9 Å². The first-order valence-corrected chi connectivity index (χ1v) is 10.1. The minimum absolute atomic E-state index is 0.266. The standard InChI is InChI=1S/C20H36O6/c1-4-7-9-11-13-15-18(21)25-16(6-3)20(24)26-17(19(22)23)14-12-10-8-5-2/h16-17H,4-15H2,1-3H3,(H,22,23). The van der Waals surface area contributed by atoms with Crippen LogP contribution in [0.3, 0.4) is 0 Å². The maximum atomic E-state index is 12.2. The Hall–Kier alpha value is -1.59. The van der Waals surface area contributed by atoms with Crippen molar-refractivity contribution in [3.8, 4) is 0 Å². The molecule has 0 aliphatic rings. The van der Waals surface area contributed by atoms with Gasteiger partial charge in [0.2, 0.25) is 0 Å². The average Bonchev–Trinajstić information content (AvgIpc) is 2.61. The second-order valence-corrected chi connectivity index (χ2v) is 6.66. The highest BCUT2D eigenvalue weighted by Crippen LogP contribution is 2.13. The second-order valence-electron chi connectivity index (χ2n) is 6.66. The van der Waals surface area contributed by atoms with Gasteiger partial charge in [0.25, 0.3) is 0 Å². The Morgan fingerprint density at radius 2 is 1.35 bits per heavy atom. The lowest BCUT2D eigenvalue weighted by Crippen LogP contribution is -2.35. The first kappa shape index (κ1) is 24.4. The van der Waals surface area contributed by atoms with Crippen molar-refractivity contribution < 1.29 is 29.0 Å². The molecule has 0 fully saturated rings. The van der Waals surface area contributed by atoms with E-state index < -0.39 is 30.1 Å². The van der Waals surface area contributed by atoms with Crippen molar-refractivity contribution in [2.75, 3.05) is 0 Å². The summed E-state index contributed by atoms with van der Waals surface area (Å²) in [6, 6.07) is 0. The van der Waals surface area contributed by atoms with E-state index in [0.29, 0.717) is 6.42 Å². The fourth-order valence-electron chi connectivity index (χ4n) is 2.59. The fraction of sp³-hybridized carbons (Fsp3) is 0.850. The zero-order valence-electron chi connectivity index (χ0n) is 16.6. The van der Waals surface area contributed by atoms with Crippen LogP contribution in [0.2, 0.25) is 0 Å². The molecule has 0 aromatic rings. The SMILES string of the molecule is CCCCCCCC(=O)OC(CC)C(=O)OC(CCCCCC)C(=O)O. The Balaban J connectivity index is 4.33. The Kier molecular flexibility index (Phi) is 14.7. The van der Waals surface area contributed by atoms with Crippen LogP contribution < -0.4 is 0 Å². The molecular formula is C20H36O6. The Morgan fingerprint density at radius 1 is 0.769 bits per heavy atom. The van der Waals surface area contributed by atoms with Crippen LogP contribution in [0.15, 0.2) is 0 Å². The summed E-state index contributed by atoms with van der Waals surface area (Å²) in [4.78, 5) is 35.3. The summed E-state index contributed by atoms with van der Waals surface area (Å²) < 4.78 is 10.3. The molecule has 0 aliphatic carbocycles. The van der Waals surface area contributed by atoms with Gasteiger partial charge in [0.05, 0.1) is 0 Å². The predicted molar refractivity (Wildman–Crippen MR) is 99.8 cm³/mol. The lowest BCUT2D eigenvalue weighted by atomic mass is 10.1. The summed E-state index contributed by atoms with van der Waals surface area (Å²) in [7, 11) is 0. The molecular weight excluding hydrogens is 336 g/mol. The first-order valence-electron chi connectivity index (χ1n) is 10.1. The molecule has 1 N–H and O–H groups in total. The number of carbonyl (C=O) groups excluding carboxylic acids is 2. The Labute approximate surface area is 157 Å². The maximum absolute atomic E-state index is 12.2. The van der Waals surface area contributed by atoms with Gasteiger partial charge in [-0.05, 0) is 25.7 Å². The summed E-state index contributed by atoms with van der Waals surface area (Å²) in [6.07, 6.45) is 7.33. The van der Waals surface area contributed by atoms with E-state index in [-0.39, 0.29) is 19.3 Å². The van der Waals surface area contributed by atoms with Crippen LogP contribution in [-0.4, -0.2) is 35.2 Å². The van der Waals surface area contributed by atoms with E-state index in [1.165, 1.54) is 0 Å². The third-order valence-electron chi connectivity index (χ3n) is 4.25. The quantitative estimate of drug-likeness (QED) is 0.314. The minimum Gasteiger partial charge on any atom is -0.479 e. The summed E-state index contributed by atoms with van der Waals surface area (Å²) >= 11 is 0. The van der Waals surface area contributed by atoms with Gasteiger partial charge in [0.15, 0.2) is 12.2 Å². The highest BCUT2D eigenvalue weighted by atomic mass is 16.6. The van der Waals surface area contributed by atoms with Crippen LogP contribution in [0, 0.1) is 0 Å². The third kappa shape index (κ3) is 11.9. The molecule has 0 radical (unpaired) electrons. The van der Waals surface area contributed by atoms with Crippen molar-refractivity contribution in [1.29, 1.82) is 0 Å². The molecule has 2 atom stereocenters. The normalized spacial score (nSPS) is 13.0. The van der Waals surface area contributed by atoms with Crippen molar-refractivity contribution >= 4 is 17.9 Å². The van der Waals surface area contributed by atoms with Crippen molar-refractivity contribution in [3.63, 3.8) is 0 Å². The molecule has 0 aliphatic heterocycles. The number of unbranched alkanes of at least 4 members (excludes halogenated alkanes) is 7. The lowest BCUT2D eigenvalue weighted by molar-refractivity contribution is -0.177. The molecule has 0 aromatic heterocycles. The summed E-state index contributed by atoms with van der Waals surface area (Å²) in [5, 5.41) is 9.22. The van der Waals surface area contributed by atoms with Gasteiger partial charge in [0.1, 0.15) is 0 Å². The monoisotopic (exact) mass is 372 g/mol. The lowest BCUT2D eigenvalue weighted by Gasteiger charge is -2.19. The Bertz CT molecular complexity index is 407. The second kappa shape index (κ2) is 15.6. The minimum atomic E-state index is -1.18. The summed E-state index contributed by atoms with van der Waals surface area (Å²) in [5.74, 6) is -2.36. The van der Waals surface area contributed by atoms with Gasteiger partial charge in [-0.1, -0.05) is 65.7 Å². The third-order valence-corrected chi connectivity index (χ3v) is 4.25. The van der Waals surface area contributed by atoms with Crippen LogP contribution in [0.5, 0.6) is 0 Å². The van der Waals surface area contributed by atoms with Gasteiger partial charge in [-0.2, -0.15) is 0 Å². The summed E-state index contributed by atoms with van der Waals surface area (Å²) in [6.45, 7) is 5.90. The van der Waals surface area contributed by atoms with Gasteiger partial charge in [0, 0.05) is 6.42 Å². The number of hydrogen-bond acceptors (Lipinski definition) is 5. The summed E-state index contributed by atoms with van der Waals surface area (Å²) in [5.41, 5.74) is 0. The van der Waals surface area contributed by atoms with E-state index in [1.807, 2.05) is 0 Å². The van der Waals surface area contributed by atoms with E-state index in [4.69, 9.17) is 9.47 Å². The van der Waals surface area contributed by atoms with E-state index in [2.05, 4.69) is 13.8 Å². The molecule has 0 saturated carbocycles. The Morgan fingerprint density at radius 3 is 1.88 bits per heavy atom. The molecule has 6 heteroatoms. The molecule has 0 bridgehead atoms. The van der Waals surface area contributed by atoms with Gasteiger partial charge in [-0.25, -0.2) is 9.59 Å². The van der Waals surface area contributed by atoms with Crippen LogP contribution in [0.4, 0.5) is 0 Å². The van der Waals surface area contributed by atoms with E-state index in [9.17, 15) is 19.5 Å². The molecule has 152 valence electrons. The molecule has 0 heterocycles. The molecule has 26 heavy (non-hydrogen) atoms. The van der Waals surface area contributed by atoms with Crippen LogP contribution in [0.1, 0.15) is 97.8 Å². The highest BCUT2D eigenvalue weighted by molar-refractivity contribution is 5.82. The number of aliphatic carboxylic acids is 1. The van der Waals surface area contributed by atoms with E-state index >= 15 is 0 Å². The smallest absolute Gasteiger partial charge is 0.348 e. The molecule has 2 unspecified atom stereocenters. The maximum Gasteiger partial charge on any atom is 0.348 e. The van der Waals surface area contributed by atoms with Crippen molar-refractivity contribution in [2.24, 2.45) is 0 Å². The number of carboxylic acids is 1. The van der Waals surface area contributed by atoms with Gasteiger partial charge in [-0.15, -0.1) is 0 Å². The van der Waals surface area contributed by atoms with Gasteiger partial charge < -0.3 is 14.6 Å². The number of carbonyl (C=O) groups is 3. The predicted octanol–water partition coefficient (Wildman–Crippen LogP) is 4.64. The number of esters is 2. The average molecular weight is 373 g/mol. The largest absolute Gasteiger partial charge is 0.479 e. The molecule has 0 spiro atoms. The van der Waals surface area contributed by atoms with Crippen LogP contribution in [0.25, 0.3) is 0 Å². The molecule has 0 aromatic carbocycles. The van der Waals surface area contributed by atoms with Crippen molar-refractivity contribution in [2.45, 2.75) is 110 Å². The van der Waals surface area contributed by atoms with Crippen molar-refractivity contribution in [1.82, 2.24) is 0 Å². The highest BCUT2D eigenvalue weighted by Gasteiger charge is 2.28. The first-order chi connectivity index (χ1) is 12.5. The fourth-order valence-corrected chi connectivity index (χ4v) is 2.59.